The summed E-state index contributed by atoms with van der Waals surface area (Å²) in [6.07, 6.45) is 3.98. The first-order chi connectivity index (χ1) is 8.72. The molecular weight excluding hydrogens is 222 g/mol. The van der Waals surface area contributed by atoms with Crippen molar-refractivity contribution in [2.75, 3.05) is 7.05 Å². The van der Waals surface area contributed by atoms with Gasteiger partial charge in [0.1, 0.15) is 0 Å². The minimum Gasteiger partial charge on any atom is -0.313 e. The first-order valence-corrected chi connectivity index (χ1v) is 6.42. The Morgan fingerprint density at radius 1 is 1.28 bits per heavy atom. The smallest absolute Gasteiger partial charge is 0.0492 e. The van der Waals surface area contributed by atoms with Crippen molar-refractivity contribution < 1.29 is 0 Å². The van der Waals surface area contributed by atoms with Gasteiger partial charge in [-0.05, 0) is 44.0 Å². The van der Waals surface area contributed by atoms with Gasteiger partial charge in [-0.1, -0.05) is 24.3 Å². The monoisotopic (exact) mass is 243 g/mol. The van der Waals surface area contributed by atoms with Gasteiger partial charge >= 0.3 is 0 Å². The van der Waals surface area contributed by atoms with Crippen molar-refractivity contribution in [1.82, 2.24) is 15.1 Å². The second-order valence-electron chi connectivity index (χ2n) is 4.68. The Labute approximate surface area is 109 Å². The minimum absolute atomic E-state index is 0.404. The quantitative estimate of drug-likeness (QED) is 0.875. The zero-order valence-electron chi connectivity index (χ0n) is 11.4. The number of hydrogen-bond donors (Lipinski definition) is 1. The fourth-order valence-electron chi connectivity index (χ4n) is 2.37. The first kappa shape index (κ1) is 12.8. The van der Waals surface area contributed by atoms with Gasteiger partial charge in [0, 0.05) is 25.0 Å². The van der Waals surface area contributed by atoms with E-state index < -0.39 is 0 Å². The predicted molar refractivity (Wildman–Crippen MR) is 74.5 cm³/mol. The van der Waals surface area contributed by atoms with Gasteiger partial charge in [0.15, 0.2) is 0 Å². The van der Waals surface area contributed by atoms with E-state index in [0.717, 1.165) is 12.8 Å². The molecular formula is C15H21N3. The molecule has 3 heteroatoms. The Kier molecular flexibility index (Phi) is 4.15. The average Bonchev–Trinajstić information content (AvgIpc) is 2.78. The van der Waals surface area contributed by atoms with Crippen LogP contribution in [-0.4, -0.2) is 16.8 Å². The molecule has 96 valence electrons. The number of aromatic nitrogens is 2. The van der Waals surface area contributed by atoms with E-state index in [1.165, 1.54) is 16.8 Å². The highest BCUT2D eigenvalue weighted by Gasteiger charge is 2.12. The lowest BCUT2D eigenvalue weighted by Crippen LogP contribution is -2.18. The van der Waals surface area contributed by atoms with Crippen LogP contribution in [0.3, 0.4) is 0 Å². The molecule has 0 radical (unpaired) electrons. The molecule has 0 aliphatic rings. The van der Waals surface area contributed by atoms with Crippen LogP contribution in [0.25, 0.3) is 0 Å². The Morgan fingerprint density at radius 2 is 2.06 bits per heavy atom. The summed E-state index contributed by atoms with van der Waals surface area (Å²) in [6.45, 7) is 2.17. The summed E-state index contributed by atoms with van der Waals surface area (Å²) in [6, 6.07) is 11.1. The third-order valence-electron chi connectivity index (χ3n) is 3.52. The summed E-state index contributed by atoms with van der Waals surface area (Å²) in [5.41, 5.74) is 4.02. The number of aryl methyl sites for hydroxylation is 3. The molecule has 1 heterocycles. The summed E-state index contributed by atoms with van der Waals surface area (Å²) in [5.74, 6) is 0. The Hall–Kier alpha value is -1.61. The van der Waals surface area contributed by atoms with Crippen LogP contribution >= 0.6 is 0 Å². The largest absolute Gasteiger partial charge is 0.313 e. The predicted octanol–water partition coefficient (Wildman–Crippen LogP) is 2.62. The van der Waals surface area contributed by atoms with E-state index in [-0.39, 0.29) is 0 Å². The van der Waals surface area contributed by atoms with Gasteiger partial charge in [0.05, 0.1) is 0 Å². The van der Waals surface area contributed by atoms with Crippen LogP contribution in [0.2, 0.25) is 0 Å². The van der Waals surface area contributed by atoms with E-state index in [1.54, 1.807) is 0 Å². The molecule has 1 N–H and O–H groups in total. The standard InChI is InChI=1S/C15H21N3/c1-12-6-4-5-7-14(12)15(16-2)9-8-13-10-11-17-18(13)3/h4-7,10-11,15-16H,8-9H2,1-3H3. The number of benzene rings is 1. The van der Waals surface area contributed by atoms with Gasteiger partial charge in [-0.25, -0.2) is 0 Å². The lowest BCUT2D eigenvalue weighted by molar-refractivity contribution is 0.533. The van der Waals surface area contributed by atoms with Crippen molar-refractivity contribution >= 4 is 0 Å². The maximum absolute atomic E-state index is 4.21. The molecule has 2 aromatic rings. The molecule has 18 heavy (non-hydrogen) atoms. The molecule has 2 rings (SSSR count). The van der Waals surface area contributed by atoms with E-state index in [4.69, 9.17) is 0 Å². The molecule has 1 atom stereocenters. The van der Waals surface area contributed by atoms with E-state index in [2.05, 4.69) is 47.7 Å². The van der Waals surface area contributed by atoms with Crippen molar-refractivity contribution in [2.45, 2.75) is 25.8 Å². The van der Waals surface area contributed by atoms with Gasteiger partial charge in [-0.15, -0.1) is 0 Å². The Morgan fingerprint density at radius 3 is 2.67 bits per heavy atom. The second-order valence-corrected chi connectivity index (χ2v) is 4.68. The Balaban J connectivity index is 2.07. The van der Waals surface area contributed by atoms with Gasteiger partial charge in [-0.3, -0.25) is 4.68 Å². The van der Waals surface area contributed by atoms with Crippen LogP contribution in [0.1, 0.15) is 29.3 Å². The molecule has 1 unspecified atom stereocenters. The molecule has 0 fully saturated rings. The zero-order chi connectivity index (χ0) is 13.0. The zero-order valence-corrected chi connectivity index (χ0v) is 11.4. The van der Waals surface area contributed by atoms with Gasteiger partial charge in [0.2, 0.25) is 0 Å². The molecule has 0 saturated heterocycles. The number of nitrogens with zero attached hydrogens (tertiary/aromatic N) is 2. The number of nitrogens with one attached hydrogen (secondary N) is 1. The minimum atomic E-state index is 0.404. The SMILES string of the molecule is CNC(CCc1ccnn1C)c1ccccc1C. The van der Waals surface area contributed by atoms with Gasteiger partial charge in [0.25, 0.3) is 0 Å². The number of rotatable bonds is 5. The van der Waals surface area contributed by atoms with Crippen molar-refractivity contribution in [1.29, 1.82) is 0 Å². The number of hydrogen-bond acceptors (Lipinski definition) is 2. The molecule has 0 bridgehead atoms. The molecule has 0 aliphatic carbocycles. The van der Waals surface area contributed by atoms with Crippen LogP contribution < -0.4 is 5.32 Å². The fourth-order valence-corrected chi connectivity index (χ4v) is 2.37. The second kappa shape index (κ2) is 5.83. The van der Waals surface area contributed by atoms with E-state index in [0.29, 0.717) is 6.04 Å². The third kappa shape index (κ3) is 2.79. The molecule has 1 aromatic heterocycles. The summed E-state index contributed by atoms with van der Waals surface area (Å²) < 4.78 is 1.95. The lowest BCUT2D eigenvalue weighted by atomic mass is 9.97. The molecule has 0 amide bonds. The van der Waals surface area contributed by atoms with Crippen LogP contribution in [0.5, 0.6) is 0 Å². The van der Waals surface area contributed by atoms with Crippen molar-refractivity contribution in [3.8, 4) is 0 Å². The first-order valence-electron chi connectivity index (χ1n) is 6.42. The Bertz CT molecular complexity index is 502. The summed E-state index contributed by atoms with van der Waals surface area (Å²) in [5, 5.41) is 7.62. The summed E-state index contributed by atoms with van der Waals surface area (Å²) in [4.78, 5) is 0. The molecule has 0 saturated carbocycles. The lowest BCUT2D eigenvalue weighted by Gasteiger charge is -2.18. The highest BCUT2D eigenvalue weighted by molar-refractivity contribution is 5.28. The van der Waals surface area contributed by atoms with Gasteiger partial charge < -0.3 is 5.32 Å². The molecule has 3 nitrogen and oxygen atoms in total. The molecule has 0 aliphatic heterocycles. The topological polar surface area (TPSA) is 29.9 Å². The summed E-state index contributed by atoms with van der Waals surface area (Å²) >= 11 is 0. The maximum atomic E-state index is 4.21. The van der Waals surface area contributed by atoms with E-state index in [1.807, 2.05) is 25.0 Å². The average molecular weight is 243 g/mol. The summed E-state index contributed by atoms with van der Waals surface area (Å²) in [7, 11) is 4.03. The maximum Gasteiger partial charge on any atom is 0.0492 e. The fraction of sp³-hybridized carbons (Fsp3) is 0.400. The van der Waals surface area contributed by atoms with Crippen molar-refractivity contribution in [3.63, 3.8) is 0 Å². The third-order valence-corrected chi connectivity index (χ3v) is 3.52. The van der Waals surface area contributed by atoms with Gasteiger partial charge in [-0.2, -0.15) is 5.10 Å². The van der Waals surface area contributed by atoms with Crippen LogP contribution in [0.4, 0.5) is 0 Å². The van der Waals surface area contributed by atoms with E-state index >= 15 is 0 Å². The van der Waals surface area contributed by atoms with Crippen molar-refractivity contribution in [2.24, 2.45) is 7.05 Å². The highest BCUT2D eigenvalue weighted by atomic mass is 15.2. The molecule has 1 aromatic carbocycles. The highest BCUT2D eigenvalue weighted by Crippen LogP contribution is 2.21. The van der Waals surface area contributed by atoms with Crippen LogP contribution in [0, 0.1) is 6.92 Å². The van der Waals surface area contributed by atoms with Crippen LogP contribution in [-0.2, 0) is 13.5 Å². The van der Waals surface area contributed by atoms with E-state index in [9.17, 15) is 0 Å². The normalized spacial score (nSPS) is 12.6. The van der Waals surface area contributed by atoms with Crippen molar-refractivity contribution in [3.05, 3.63) is 53.3 Å². The van der Waals surface area contributed by atoms with Crippen LogP contribution in [0.15, 0.2) is 36.5 Å². The molecule has 0 spiro atoms.